The van der Waals surface area contributed by atoms with Gasteiger partial charge < -0.3 is 10.2 Å². The number of rotatable bonds is 2. The van der Waals surface area contributed by atoms with Gasteiger partial charge >= 0.3 is 6.18 Å². The maximum absolute atomic E-state index is 14.0. The molecule has 33 heavy (non-hydrogen) atoms. The molecule has 0 unspecified atom stereocenters. The van der Waals surface area contributed by atoms with E-state index in [4.69, 9.17) is 23.2 Å². The SMILES string of the molecule is O=C(c1cc2n(n1)[C@@H](C(F)(F)F)C[C@@H](c1ccc(Cl)c(Cl)c1)N2)N1CCCc2ccccc21. The average Bonchev–Trinajstić information content (AvgIpc) is 3.23. The van der Waals surface area contributed by atoms with Crippen molar-refractivity contribution in [2.24, 2.45) is 0 Å². The molecule has 0 aliphatic carbocycles. The molecule has 0 fully saturated rings. The van der Waals surface area contributed by atoms with Gasteiger partial charge in [0, 0.05) is 24.7 Å². The lowest BCUT2D eigenvalue weighted by molar-refractivity contribution is -0.173. The molecule has 2 atom stereocenters. The summed E-state index contributed by atoms with van der Waals surface area (Å²) in [6.07, 6.45) is -3.21. The number of aromatic nitrogens is 2. The number of hydrogen-bond acceptors (Lipinski definition) is 3. The van der Waals surface area contributed by atoms with Gasteiger partial charge in [-0.2, -0.15) is 18.3 Å². The van der Waals surface area contributed by atoms with E-state index in [2.05, 4.69) is 10.4 Å². The Labute approximate surface area is 198 Å². The van der Waals surface area contributed by atoms with E-state index in [0.717, 1.165) is 28.8 Å². The number of benzene rings is 2. The molecule has 5 rings (SSSR count). The zero-order valence-electron chi connectivity index (χ0n) is 17.2. The van der Waals surface area contributed by atoms with E-state index >= 15 is 0 Å². The van der Waals surface area contributed by atoms with Crippen LogP contribution < -0.4 is 10.2 Å². The minimum absolute atomic E-state index is 0.0294. The van der Waals surface area contributed by atoms with Crippen LogP contribution in [0.25, 0.3) is 0 Å². The fraction of sp³-hybridized carbons (Fsp3) is 0.304. The Morgan fingerprint density at radius 3 is 2.64 bits per heavy atom. The number of anilines is 2. The highest BCUT2D eigenvalue weighted by Crippen LogP contribution is 2.44. The van der Waals surface area contributed by atoms with Gasteiger partial charge in [-0.15, -0.1) is 0 Å². The lowest BCUT2D eigenvalue weighted by Crippen LogP contribution is -2.37. The molecule has 0 saturated heterocycles. The van der Waals surface area contributed by atoms with Crippen molar-refractivity contribution in [2.45, 2.75) is 37.5 Å². The lowest BCUT2D eigenvalue weighted by atomic mass is 9.97. The number of amides is 1. The first-order valence-corrected chi connectivity index (χ1v) is 11.3. The number of carbonyl (C=O) groups is 1. The smallest absolute Gasteiger partial charge is 0.363 e. The van der Waals surface area contributed by atoms with E-state index in [1.54, 1.807) is 23.1 Å². The zero-order valence-corrected chi connectivity index (χ0v) is 18.8. The summed E-state index contributed by atoms with van der Waals surface area (Å²) in [5.74, 6) is -0.286. The number of nitrogens with one attached hydrogen (secondary N) is 1. The van der Waals surface area contributed by atoms with E-state index in [0.29, 0.717) is 17.1 Å². The highest BCUT2D eigenvalue weighted by molar-refractivity contribution is 6.42. The second-order valence-electron chi connectivity index (χ2n) is 8.21. The Morgan fingerprint density at radius 2 is 1.88 bits per heavy atom. The second kappa shape index (κ2) is 8.25. The molecule has 2 aromatic carbocycles. The van der Waals surface area contributed by atoms with Crippen molar-refractivity contribution in [1.82, 2.24) is 9.78 Å². The number of para-hydroxylation sites is 1. The zero-order chi connectivity index (χ0) is 23.3. The normalized spacial score (nSPS) is 20.1. The third kappa shape index (κ3) is 4.06. The van der Waals surface area contributed by atoms with Crippen LogP contribution in [0.1, 0.15) is 46.5 Å². The van der Waals surface area contributed by atoms with Crippen molar-refractivity contribution in [2.75, 3.05) is 16.8 Å². The first kappa shape index (κ1) is 22.1. The molecular formula is C23H19Cl2F3N4O. The molecule has 2 aliphatic heterocycles. The highest BCUT2D eigenvalue weighted by atomic mass is 35.5. The molecule has 2 aliphatic rings. The molecule has 1 N–H and O–H groups in total. The minimum Gasteiger partial charge on any atom is -0.363 e. The average molecular weight is 495 g/mol. The maximum Gasteiger partial charge on any atom is 0.410 e. The Morgan fingerprint density at radius 1 is 1.09 bits per heavy atom. The minimum atomic E-state index is -4.55. The number of halogens is 5. The number of fused-ring (bicyclic) bond motifs is 2. The van der Waals surface area contributed by atoms with E-state index in [1.165, 1.54) is 6.07 Å². The van der Waals surface area contributed by atoms with Crippen LogP contribution in [0.3, 0.4) is 0 Å². The van der Waals surface area contributed by atoms with Crippen LogP contribution in [-0.2, 0) is 6.42 Å². The quantitative estimate of drug-likeness (QED) is 0.445. The number of alkyl halides is 3. The summed E-state index contributed by atoms with van der Waals surface area (Å²) in [7, 11) is 0. The summed E-state index contributed by atoms with van der Waals surface area (Å²) in [6.45, 7) is 0.486. The van der Waals surface area contributed by atoms with Crippen LogP contribution in [0.15, 0.2) is 48.5 Å². The predicted molar refractivity (Wildman–Crippen MR) is 121 cm³/mol. The van der Waals surface area contributed by atoms with Gasteiger partial charge in [-0.25, -0.2) is 4.68 Å². The van der Waals surface area contributed by atoms with Crippen molar-refractivity contribution < 1.29 is 18.0 Å². The van der Waals surface area contributed by atoms with Crippen LogP contribution in [-0.4, -0.2) is 28.4 Å². The second-order valence-corrected chi connectivity index (χ2v) is 9.03. The number of aryl methyl sites for hydroxylation is 1. The van der Waals surface area contributed by atoms with Gasteiger partial charge in [0.25, 0.3) is 5.91 Å². The molecule has 3 aromatic rings. The topological polar surface area (TPSA) is 50.2 Å². The molecule has 3 heterocycles. The predicted octanol–water partition coefficient (Wildman–Crippen LogP) is 6.44. The first-order chi connectivity index (χ1) is 15.7. The van der Waals surface area contributed by atoms with Crippen molar-refractivity contribution in [3.8, 4) is 0 Å². The summed E-state index contributed by atoms with van der Waals surface area (Å²) in [4.78, 5) is 14.9. The standard InChI is InChI=1S/C23H19Cl2F3N4O/c24-15-8-7-14(10-16(15)25)17-11-20(23(26,27)28)32-21(29-17)12-18(30-32)22(33)31-9-3-5-13-4-1-2-6-19(13)31/h1-2,4,6-8,10,12,17,20,29H,3,5,9,11H2/t17-,20+/m0/s1. The molecule has 0 saturated carbocycles. The van der Waals surface area contributed by atoms with Gasteiger partial charge in [-0.1, -0.05) is 47.5 Å². The molecule has 0 bridgehead atoms. The number of hydrogen-bond donors (Lipinski definition) is 1. The lowest BCUT2D eigenvalue weighted by Gasteiger charge is -2.33. The van der Waals surface area contributed by atoms with E-state index in [1.807, 2.05) is 24.3 Å². The first-order valence-electron chi connectivity index (χ1n) is 10.5. The third-order valence-electron chi connectivity index (χ3n) is 6.11. The largest absolute Gasteiger partial charge is 0.410 e. The van der Waals surface area contributed by atoms with Gasteiger partial charge in [0.1, 0.15) is 5.82 Å². The van der Waals surface area contributed by atoms with E-state index < -0.39 is 24.2 Å². The van der Waals surface area contributed by atoms with Crippen LogP contribution in [0.5, 0.6) is 0 Å². The summed E-state index contributed by atoms with van der Waals surface area (Å²) < 4.78 is 42.8. The monoisotopic (exact) mass is 494 g/mol. The molecular weight excluding hydrogens is 476 g/mol. The Hall–Kier alpha value is -2.71. The van der Waals surface area contributed by atoms with Crippen molar-refractivity contribution in [3.63, 3.8) is 0 Å². The van der Waals surface area contributed by atoms with Crippen LogP contribution in [0, 0.1) is 0 Å². The van der Waals surface area contributed by atoms with Gasteiger partial charge in [0.05, 0.1) is 16.1 Å². The molecule has 0 spiro atoms. The molecule has 172 valence electrons. The number of nitrogens with zero attached hydrogens (tertiary/aromatic N) is 3. The highest BCUT2D eigenvalue weighted by Gasteiger charge is 2.47. The van der Waals surface area contributed by atoms with Crippen molar-refractivity contribution in [1.29, 1.82) is 0 Å². The Balaban J connectivity index is 1.50. The summed E-state index contributed by atoms with van der Waals surface area (Å²) >= 11 is 12.0. The Kier molecular flexibility index (Phi) is 5.53. The van der Waals surface area contributed by atoms with Gasteiger partial charge in [0.2, 0.25) is 0 Å². The van der Waals surface area contributed by atoms with Crippen LogP contribution in [0.2, 0.25) is 10.0 Å². The van der Waals surface area contributed by atoms with Crippen LogP contribution in [0.4, 0.5) is 24.7 Å². The van der Waals surface area contributed by atoms with Gasteiger partial charge in [-0.05, 0) is 42.2 Å². The summed E-state index contributed by atoms with van der Waals surface area (Å²) in [5, 5.41) is 7.77. The summed E-state index contributed by atoms with van der Waals surface area (Å²) in [5.41, 5.74) is 2.35. The Bertz CT molecular complexity index is 1230. The van der Waals surface area contributed by atoms with Crippen molar-refractivity contribution >= 4 is 40.6 Å². The van der Waals surface area contributed by atoms with E-state index in [-0.39, 0.29) is 23.0 Å². The van der Waals surface area contributed by atoms with Crippen molar-refractivity contribution in [3.05, 3.63) is 75.4 Å². The fourth-order valence-corrected chi connectivity index (χ4v) is 4.82. The molecule has 1 amide bonds. The van der Waals surface area contributed by atoms with Gasteiger partial charge in [0.15, 0.2) is 11.7 Å². The molecule has 1 aromatic heterocycles. The molecule has 10 heteroatoms. The maximum atomic E-state index is 14.0. The third-order valence-corrected chi connectivity index (χ3v) is 6.85. The molecule has 5 nitrogen and oxygen atoms in total. The molecule has 0 radical (unpaired) electrons. The number of carbonyl (C=O) groups excluding carboxylic acids is 1. The summed E-state index contributed by atoms with van der Waals surface area (Å²) in [6, 6.07) is 11.1. The van der Waals surface area contributed by atoms with Gasteiger partial charge in [-0.3, -0.25) is 4.79 Å². The van der Waals surface area contributed by atoms with E-state index in [9.17, 15) is 18.0 Å². The fourth-order valence-electron chi connectivity index (χ4n) is 4.51. The van der Waals surface area contributed by atoms with Crippen LogP contribution >= 0.6 is 23.2 Å².